The number of fused-ring (bicyclic) bond motifs is 1. The molecule has 1 heterocycles. The number of anilines is 3. The SMILES string of the molecule is CCc1ccccc1NC(=O)c1nc(Nc2cccc(C)c2)c2ccccc2n1. The van der Waals surface area contributed by atoms with E-state index in [1.54, 1.807) is 0 Å². The summed E-state index contributed by atoms with van der Waals surface area (Å²) in [6.45, 7) is 4.09. The normalized spacial score (nSPS) is 10.7. The second kappa shape index (κ2) is 8.10. The summed E-state index contributed by atoms with van der Waals surface area (Å²) in [4.78, 5) is 21.9. The molecular weight excluding hydrogens is 360 g/mol. The third-order valence-corrected chi connectivity index (χ3v) is 4.73. The van der Waals surface area contributed by atoms with Gasteiger partial charge >= 0.3 is 0 Å². The van der Waals surface area contributed by atoms with Gasteiger partial charge in [-0.25, -0.2) is 9.97 Å². The Bertz CT molecular complexity index is 1190. The number of aryl methyl sites for hydroxylation is 2. The summed E-state index contributed by atoms with van der Waals surface area (Å²) in [5, 5.41) is 7.15. The number of benzene rings is 3. The molecule has 0 radical (unpaired) electrons. The van der Waals surface area contributed by atoms with Crippen LogP contribution in [0.2, 0.25) is 0 Å². The monoisotopic (exact) mass is 382 g/mol. The van der Waals surface area contributed by atoms with Crippen LogP contribution in [-0.4, -0.2) is 15.9 Å². The zero-order valence-electron chi connectivity index (χ0n) is 16.4. The first-order valence-corrected chi connectivity index (χ1v) is 9.64. The number of nitrogens with one attached hydrogen (secondary N) is 2. The average molecular weight is 382 g/mol. The molecule has 0 aliphatic rings. The van der Waals surface area contributed by atoms with Crippen LogP contribution in [0.25, 0.3) is 10.9 Å². The van der Waals surface area contributed by atoms with Crippen LogP contribution >= 0.6 is 0 Å². The third-order valence-electron chi connectivity index (χ3n) is 4.73. The Hall–Kier alpha value is -3.73. The summed E-state index contributed by atoms with van der Waals surface area (Å²) < 4.78 is 0. The fourth-order valence-corrected chi connectivity index (χ4v) is 3.26. The van der Waals surface area contributed by atoms with E-state index in [4.69, 9.17) is 0 Å². The molecule has 5 nitrogen and oxygen atoms in total. The summed E-state index contributed by atoms with van der Waals surface area (Å²) in [5.41, 5.74) is 4.62. The van der Waals surface area contributed by atoms with Crippen LogP contribution in [0.4, 0.5) is 17.2 Å². The number of aromatic nitrogens is 2. The minimum atomic E-state index is -0.330. The lowest BCUT2D eigenvalue weighted by Crippen LogP contribution is -2.17. The van der Waals surface area contributed by atoms with E-state index in [1.165, 1.54) is 0 Å². The summed E-state index contributed by atoms with van der Waals surface area (Å²) in [6.07, 6.45) is 0.829. The highest BCUT2D eigenvalue weighted by Gasteiger charge is 2.15. The van der Waals surface area contributed by atoms with Gasteiger partial charge in [0.1, 0.15) is 5.82 Å². The van der Waals surface area contributed by atoms with Crippen molar-refractivity contribution < 1.29 is 4.79 Å². The van der Waals surface area contributed by atoms with E-state index in [1.807, 2.05) is 79.7 Å². The second-order valence-electron chi connectivity index (χ2n) is 6.87. The van der Waals surface area contributed by atoms with Crippen molar-refractivity contribution in [1.29, 1.82) is 0 Å². The summed E-state index contributed by atoms with van der Waals surface area (Å²) in [5.74, 6) is 0.406. The van der Waals surface area contributed by atoms with Crippen LogP contribution in [0.15, 0.2) is 72.8 Å². The Kier molecular flexibility index (Phi) is 5.20. The lowest BCUT2D eigenvalue weighted by Gasteiger charge is -2.12. The molecule has 0 bridgehead atoms. The summed E-state index contributed by atoms with van der Waals surface area (Å²) >= 11 is 0. The molecule has 0 aliphatic carbocycles. The zero-order chi connectivity index (χ0) is 20.2. The number of nitrogens with zero attached hydrogens (tertiary/aromatic N) is 2. The number of rotatable bonds is 5. The van der Waals surface area contributed by atoms with Crippen LogP contribution in [0, 0.1) is 6.92 Å². The zero-order valence-corrected chi connectivity index (χ0v) is 16.4. The van der Waals surface area contributed by atoms with Crippen LogP contribution < -0.4 is 10.6 Å². The van der Waals surface area contributed by atoms with Crippen molar-refractivity contribution in [2.75, 3.05) is 10.6 Å². The number of para-hydroxylation sites is 2. The Morgan fingerprint density at radius 2 is 1.72 bits per heavy atom. The number of hydrogen-bond donors (Lipinski definition) is 2. The third kappa shape index (κ3) is 4.09. The Balaban J connectivity index is 1.72. The van der Waals surface area contributed by atoms with Crippen LogP contribution in [-0.2, 0) is 6.42 Å². The molecule has 3 aromatic carbocycles. The molecule has 0 fully saturated rings. The molecule has 4 aromatic rings. The van der Waals surface area contributed by atoms with Gasteiger partial charge in [0.25, 0.3) is 5.91 Å². The van der Waals surface area contributed by atoms with Crippen LogP contribution in [0.3, 0.4) is 0 Å². The van der Waals surface area contributed by atoms with Crippen molar-refractivity contribution in [2.24, 2.45) is 0 Å². The minimum absolute atomic E-state index is 0.129. The van der Waals surface area contributed by atoms with E-state index in [2.05, 4.69) is 27.5 Å². The highest BCUT2D eigenvalue weighted by Crippen LogP contribution is 2.25. The average Bonchev–Trinajstić information content (AvgIpc) is 2.74. The molecule has 0 aliphatic heterocycles. The maximum absolute atomic E-state index is 12.9. The van der Waals surface area contributed by atoms with Gasteiger partial charge in [-0.05, 0) is 54.8 Å². The van der Waals surface area contributed by atoms with Gasteiger partial charge < -0.3 is 10.6 Å². The van der Waals surface area contributed by atoms with Gasteiger partial charge in [0, 0.05) is 16.8 Å². The van der Waals surface area contributed by atoms with Gasteiger partial charge in [-0.15, -0.1) is 0 Å². The van der Waals surface area contributed by atoms with Crippen molar-refractivity contribution >= 4 is 34.0 Å². The van der Waals surface area contributed by atoms with Gasteiger partial charge in [-0.1, -0.05) is 49.4 Å². The first-order chi connectivity index (χ1) is 14.1. The minimum Gasteiger partial charge on any atom is -0.340 e. The highest BCUT2D eigenvalue weighted by atomic mass is 16.2. The van der Waals surface area contributed by atoms with Gasteiger partial charge in [-0.2, -0.15) is 0 Å². The van der Waals surface area contributed by atoms with E-state index >= 15 is 0 Å². The first-order valence-electron chi connectivity index (χ1n) is 9.64. The summed E-state index contributed by atoms with van der Waals surface area (Å²) in [7, 11) is 0. The fourth-order valence-electron chi connectivity index (χ4n) is 3.26. The number of hydrogen-bond acceptors (Lipinski definition) is 4. The topological polar surface area (TPSA) is 66.9 Å². The maximum atomic E-state index is 12.9. The van der Waals surface area contributed by atoms with E-state index in [9.17, 15) is 4.79 Å². The molecule has 0 spiro atoms. The van der Waals surface area contributed by atoms with E-state index in [0.717, 1.165) is 34.3 Å². The van der Waals surface area contributed by atoms with Gasteiger partial charge in [0.15, 0.2) is 0 Å². The molecule has 0 saturated carbocycles. The molecule has 0 saturated heterocycles. The van der Waals surface area contributed by atoms with Crippen LogP contribution in [0.1, 0.15) is 28.7 Å². The summed E-state index contributed by atoms with van der Waals surface area (Å²) in [6, 6.07) is 23.5. The molecule has 5 heteroatoms. The van der Waals surface area contributed by atoms with Crippen molar-refractivity contribution in [3.8, 4) is 0 Å². The molecule has 2 N–H and O–H groups in total. The Morgan fingerprint density at radius 3 is 2.55 bits per heavy atom. The number of amides is 1. The van der Waals surface area contributed by atoms with Crippen molar-refractivity contribution in [3.05, 3.63) is 89.7 Å². The number of carbonyl (C=O) groups is 1. The predicted molar refractivity (Wildman–Crippen MR) is 118 cm³/mol. The Labute approximate surface area is 169 Å². The van der Waals surface area contributed by atoms with Crippen molar-refractivity contribution in [1.82, 2.24) is 9.97 Å². The number of carbonyl (C=O) groups excluding carboxylic acids is 1. The van der Waals surface area contributed by atoms with Gasteiger partial charge in [0.2, 0.25) is 5.82 Å². The quantitative estimate of drug-likeness (QED) is 0.478. The molecule has 1 aromatic heterocycles. The smallest absolute Gasteiger partial charge is 0.293 e. The lowest BCUT2D eigenvalue weighted by atomic mass is 10.1. The molecule has 0 atom stereocenters. The first kappa shape index (κ1) is 18.6. The largest absolute Gasteiger partial charge is 0.340 e. The van der Waals surface area contributed by atoms with Gasteiger partial charge in [0.05, 0.1) is 5.52 Å². The highest BCUT2D eigenvalue weighted by molar-refractivity contribution is 6.04. The molecule has 1 amide bonds. The molecule has 0 unspecified atom stereocenters. The lowest BCUT2D eigenvalue weighted by molar-refractivity contribution is 0.101. The van der Waals surface area contributed by atoms with E-state index in [-0.39, 0.29) is 11.7 Å². The van der Waals surface area contributed by atoms with Crippen molar-refractivity contribution in [3.63, 3.8) is 0 Å². The van der Waals surface area contributed by atoms with E-state index in [0.29, 0.717) is 11.3 Å². The predicted octanol–water partition coefficient (Wildman–Crippen LogP) is 5.50. The molecular formula is C24H22N4O. The van der Waals surface area contributed by atoms with E-state index < -0.39 is 0 Å². The van der Waals surface area contributed by atoms with Crippen molar-refractivity contribution in [2.45, 2.75) is 20.3 Å². The molecule has 4 rings (SSSR count). The second-order valence-corrected chi connectivity index (χ2v) is 6.87. The fraction of sp³-hybridized carbons (Fsp3) is 0.125. The van der Waals surface area contributed by atoms with Crippen LogP contribution in [0.5, 0.6) is 0 Å². The van der Waals surface area contributed by atoms with Gasteiger partial charge in [-0.3, -0.25) is 4.79 Å². The molecule has 144 valence electrons. The standard InChI is InChI=1S/C24H22N4O/c1-3-17-10-4-6-13-20(17)27-24(29)23-26-21-14-7-5-12-19(21)22(28-23)25-18-11-8-9-16(2)15-18/h4-15H,3H2,1-2H3,(H,27,29)(H,25,26,28). The maximum Gasteiger partial charge on any atom is 0.293 e. The Morgan fingerprint density at radius 1 is 0.931 bits per heavy atom. The molecule has 29 heavy (non-hydrogen) atoms.